The van der Waals surface area contributed by atoms with Gasteiger partial charge in [0.05, 0.1) is 28.8 Å². The molecule has 22 heavy (non-hydrogen) atoms. The molecule has 3 heterocycles. The zero-order chi connectivity index (χ0) is 15.7. The fourth-order valence-corrected chi connectivity index (χ4v) is 2.80. The van der Waals surface area contributed by atoms with Crippen LogP contribution in [0.4, 0.5) is 0 Å². The Kier molecular flexibility index (Phi) is 4.12. The van der Waals surface area contributed by atoms with Crippen LogP contribution in [0.1, 0.15) is 18.4 Å². The minimum absolute atomic E-state index is 0.562. The molecule has 0 bridgehead atoms. The van der Waals surface area contributed by atoms with E-state index in [1.165, 1.54) is 0 Å². The molecule has 0 amide bonds. The predicted molar refractivity (Wildman–Crippen MR) is 85.9 cm³/mol. The minimum Gasteiger partial charge on any atom is -0.271 e. The van der Waals surface area contributed by atoms with Crippen LogP contribution < -0.4 is 0 Å². The van der Waals surface area contributed by atoms with E-state index >= 15 is 0 Å². The average Bonchev–Trinajstić information content (AvgIpc) is 3.17. The van der Waals surface area contributed by atoms with Crippen LogP contribution >= 0.6 is 23.8 Å². The van der Waals surface area contributed by atoms with Gasteiger partial charge in [-0.2, -0.15) is 15.3 Å². The van der Waals surface area contributed by atoms with Crippen LogP contribution in [-0.2, 0) is 19.5 Å². The standard InChI is InChI=1S/C13H16ClN7S/c1-3-20-9(2)11(7-16-20)21-12(17-18-13(21)22)4-5-19-8-10(14)6-15-19/h6-8H,3-5H2,1-2H3,(H,18,22). The zero-order valence-corrected chi connectivity index (χ0v) is 13.9. The first-order valence-corrected chi connectivity index (χ1v) is 7.75. The van der Waals surface area contributed by atoms with Crippen LogP contribution in [0.2, 0.25) is 5.02 Å². The maximum Gasteiger partial charge on any atom is 0.199 e. The molecular formula is C13H16ClN7S. The number of nitrogens with one attached hydrogen (secondary N) is 1. The second-order valence-electron chi connectivity index (χ2n) is 4.88. The summed E-state index contributed by atoms with van der Waals surface area (Å²) in [6.07, 6.45) is 5.90. The Morgan fingerprint density at radius 2 is 2.14 bits per heavy atom. The van der Waals surface area contributed by atoms with Gasteiger partial charge in [0.15, 0.2) is 4.77 Å². The normalized spacial score (nSPS) is 11.2. The Labute approximate surface area is 137 Å². The molecule has 1 N–H and O–H groups in total. The Bertz CT molecular complexity index is 841. The third-order valence-electron chi connectivity index (χ3n) is 3.53. The van der Waals surface area contributed by atoms with E-state index in [-0.39, 0.29) is 0 Å². The first kappa shape index (κ1) is 15.0. The van der Waals surface area contributed by atoms with Gasteiger partial charge in [0.25, 0.3) is 0 Å². The SMILES string of the molecule is CCn1ncc(-n2c(CCn3cc(Cl)cn3)n[nH]c2=S)c1C. The van der Waals surface area contributed by atoms with Gasteiger partial charge in [-0.05, 0) is 26.1 Å². The highest BCUT2D eigenvalue weighted by Crippen LogP contribution is 2.16. The lowest BCUT2D eigenvalue weighted by Gasteiger charge is -2.07. The first-order chi connectivity index (χ1) is 10.6. The van der Waals surface area contributed by atoms with E-state index < -0.39 is 0 Å². The topological polar surface area (TPSA) is 69.2 Å². The maximum atomic E-state index is 5.87. The number of hydrogen-bond donors (Lipinski definition) is 1. The summed E-state index contributed by atoms with van der Waals surface area (Å²) >= 11 is 11.2. The van der Waals surface area contributed by atoms with E-state index in [0.717, 1.165) is 23.8 Å². The van der Waals surface area contributed by atoms with Crippen molar-refractivity contribution in [1.29, 1.82) is 0 Å². The smallest absolute Gasteiger partial charge is 0.199 e. The third kappa shape index (κ3) is 2.71. The molecule has 0 saturated carbocycles. The molecule has 7 nitrogen and oxygen atoms in total. The highest BCUT2D eigenvalue weighted by Gasteiger charge is 2.14. The summed E-state index contributed by atoms with van der Waals surface area (Å²) < 4.78 is 6.20. The summed E-state index contributed by atoms with van der Waals surface area (Å²) in [5.74, 6) is 0.843. The van der Waals surface area contributed by atoms with Crippen molar-refractivity contribution >= 4 is 23.8 Å². The summed E-state index contributed by atoms with van der Waals surface area (Å²) in [4.78, 5) is 0. The number of aryl methyl sites for hydroxylation is 3. The number of aromatic amines is 1. The molecule has 0 aromatic carbocycles. The lowest BCUT2D eigenvalue weighted by atomic mass is 10.3. The Hall–Kier alpha value is -1.93. The van der Waals surface area contributed by atoms with E-state index in [2.05, 4.69) is 27.3 Å². The highest BCUT2D eigenvalue weighted by atomic mass is 35.5. The minimum atomic E-state index is 0.562. The molecule has 116 valence electrons. The zero-order valence-electron chi connectivity index (χ0n) is 12.3. The lowest BCUT2D eigenvalue weighted by Crippen LogP contribution is -2.08. The molecule has 9 heteroatoms. The molecular weight excluding hydrogens is 322 g/mol. The second kappa shape index (κ2) is 6.05. The largest absolute Gasteiger partial charge is 0.271 e. The van der Waals surface area contributed by atoms with Crippen molar-refractivity contribution in [1.82, 2.24) is 34.3 Å². The van der Waals surface area contributed by atoms with Gasteiger partial charge in [-0.25, -0.2) is 0 Å². The molecule has 0 radical (unpaired) electrons. The average molecular weight is 338 g/mol. The van der Waals surface area contributed by atoms with Gasteiger partial charge in [0.1, 0.15) is 5.82 Å². The van der Waals surface area contributed by atoms with Crippen LogP contribution in [0.25, 0.3) is 5.69 Å². The Balaban J connectivity index is 1.90. The van der Waals surface area contributed by atoms with Crippen LogP contribution in [-0.4, -0.2) is 34.3 Å². The molecule has 0 aliphatic heterocycles. The summed E-state index contributed by atoms with van der Waals surface area (Å²) in [5.41, 5.74) is 2.01. The Morgan fingerprint density at radius 1 is 1.32 bits per heavy atom. The molecule has 3 aromatic rings. The van der Waals surface area contributed by atoms with E-state index in [1.807, 2.05) is 22.4 Å². The number of aromatic nitrogens is 7. The van der Waals surface area contributed by atoms with Crippen molar-refractivity contribution in [3.8, 4) is 5.69 Å². The quantitative estimate of drug-likeness (QED) is 0.726. The second-order valence-corrected chi connectivity index (χ2v) is 5.71. The molecule has 0 spiro atoms. The van der Waals surface area contributed by atoms with Crippen LogP contribution in [0.3, 0.4) is 0 Å². The van der Waals surface area contributed by atoms with Gasteiger partial charge in [0, 0.05) is 25.7 Å². The maximum absolute atomic E-state index is 5.87. The Morgan fingerprint density at radius 3 is 2.77 bits per heavy atom. The van der Waals surface area contributed by atoms with E-state index in [4.69, 9.17) is 23.8 Å². The van der Waals surface area contributed by atoms with Gasteiger partial charge in [0.2, 0.25) is 0 Å². The monoisotopic (exact) mass is 337 g/mol. The molecule has 0 fully saturated rings. The molecule has 0 aliphatic carbocycles. The molecule has 0 unspecified atom stereocenters. The lowest BCUT2D eigenvalue weighted by molar-refractivity contribution is 0.594. The fourth-order valence-electron chi connectivity index (χ4n) is 2.40. The number of nitrogens with zero attached hydrogens (tertiary/aromatic N) is 6. The van der Waals surface area contributed by atoms with E-state index in [9.17, 15) is 0 Å². The summed E-state index contributed by atoms with van der Waals surface area (Å²) in [6.45, 7) is 5.57. The molecule has 0 aliphatic rings. The number of halogens is 1. The number of hydrogen-bond acceptors (Lipinski definition) is 4. The third-order valence-corrected chi connectivity index (χ3v) is 3.99. The van der Waals surface area contributed by atoms with Crippen molar-refractivity contribution in [2.24, 2.45) is 0 Å². The molecule has 3 rings (SSSR count). The number of H-pyrrole nitrogens is 1. The van der Waals surface area contributed by atoms with Crippen molar-refractivity contribution in [2.45, 2.75) is 33.4 Å². The van der Waals surface area contributed by atoms with Crippen molar-refractivity contribution in [2.75, 3.05) is 0 Å². The van der Waals surface area contributed by atoms with E-state index in [0.29, 0.717) is 22.8 Å². The van der Waals surface area contributed by atoms with Crippen molar-refractivity contribution in [3.05, 3.63) is 39.9 Å². The first-order valence-electron chi connectivity index (χ1n) is 6.97. The van der Waals surface area contributed by atoms with Crippen molar-refractivity contribution < 1.29 is 0 Å². The van der Waals surface area contributed by atoms with Gasteiger partial charge < -0.3 is 0 Å². The predicted octanol–water partition coefficient (Wildman–Crippen LogP) is 2.55. The van der Waals surface area contributed by atoms with Crippen LogP contribution in [0.5, 0.6) is 0 Å². The van der Waals surface area contributed by atoms with Crippen LogP contribution in [0, 0.1) is 11.7 Å². The summed E-state index contributed by atoms with van der Waals surface area (Å²) in [5, 5.41) is 16.3. The summed E-state index contributed by atoms with van der Waals surface area (Å²) in [7, 11) is 0. The molecule has 3 aromatic heterocycles. The molecule has 0 atom stereocenters. The summed E-state index contributed by atoms with van der Waals surface area (Å²) in [6, 6.07) is 0. The van der Waals surface area contributed by atoms with Gasteiger partial charge >= 0.3 is 0 Å². The van der Waals surface area contributed by atoms with Crippen LogP contribution in [0.15, 0.2) is 18.6 Å². The number of rotatable bonds is 5. The van der Waals surface area contributed by atoms with E-state index in [1.54, 1.807) is 17.1 Å². The van der Waals surface area contributed by atoms with Crippen molar-refractivity contribution in [3.63, 3.8) is 0 Å². The van der Waals surface area contributed by atoms with Gasteiger partial charge in [-0.15, -0.1) is 0 Å². The fraction of sp³-hybridized carbons (Fsp3) is 0.385. The van der Waals surface area contributed by atoms with Gasteiger partial charge in [-0.1, -0.05) is 11.6 Å². The molecule has 0 saturated heterocycles. The highest BCUT2D eigenvalue weighted by molar-refractivity contribution is 7.71. The van der Waals surface area contributed by atoms with Gasteiger partial charge in [-0.3, -0.25) is 19.0 Å².